The number of hydrogen-bond acceptors (Lipinski definition) is 2. The molecule has 1 atom stereocenters. The Morgan fingerprint density at radius 1 is 1.67 bits per heavy atom. The molecule has 0 aromatic rings. The zero-order chi connectivity index (χ0) is 6.69. The first-order chi connectivity index (χ1) is 4.33. The molecule has 2 heteroatoms. The zero-order valence-corrected chi connectivity index (χ0v) is 5.93. The lowest BCUT2D eigenvalue weighted by Crippen LogP contribution is -2.28. The lowest BCUT2D eigenvalue weighted by molar-refractivity contribution is 0.268. The molecule has 1 unspecified atom stereocenters. The van der Waals surface area contributed by atoms with Crippen LogP contribution >= 0.6 is 0 Å². The van der Waals surface area contributed by atoms with Crippen LogP contribution in [0, 0.1) is 0 Å². The summed E-state index contributed by atoms with van der Waals surface area (Å²) in [5.74, 6) is 0. The van der Waals surface area contributed by atoms with E-state index < -0.39 is 0 Å². The third-order valence-electron chi connectivity index (χ3n) is 1.66. The highest BCUT2D eigenvalue weighted by Crippen LogP contribution is 2.19. The van der Waals surface area contributed by atoms with Gasteiger partial charge in [0.2, 0.25) is 0 Å². The molecular formula is C7H15NO. The number of hydrogen-bond donors (Lipinski definition) is 2. The smallest absolute Gasteiger partial charge is 0.0445 e. The summed E-state index contributed by atoms with van der Waals surface area (Å²) in [4.78, 5) is 0. The average Bonchev–Trinajstić information content (AvgIpc) is 2.50. The maximum atomic E-state index is 8.53. The van der Waals surface area contributed by atoms with E-state index in [0.717, 1.165) is 12.5 Å². The summed E-state index contributed by atoms with van der Waals surface area (Å²) in [6.45, 7) is 2.43. The number of aliphatic hydroxyl groups excluding tert-OH is 1. The highest BCUT2D eigenvalue weighted by molar-refractivity contribution is 4.83. The van der Waals surface area contributed by atoms with E-state index in [0.29, 0.717) is 12.6 Å². The number of rotatable bonds is 4. The summed E-state index contributed by atoms with van der Waals surface area (Å²) in [7, 11) is 0. The molecule has 0 spiro atoms. The van der Waals surface area contributed by atoms with E-state index in [1.165, 1.54) is 12.8 Å². The lowest BCUT2D eigenvalue weighted by Gasteiger charge is -2.09. The Kier molecular flexibility index (Phi) is 2.49. The predicted molar refractivity (Wildman–Crippen MR) is 37.3 cm³/mol. The topological polar surface area (TPSA) is 32.3 Å². The van der Waals surface area contributed by atoms with Crippen LogP contribution < -0.4 is 5.32 Å². The second kappa shape index (κ2) is 3.18. The predicted octanol–water partition coefficient (Wildman–Crippen LogP) is 0.509. The molecule has 1 saturated carbocycles. The van der Waals surface area contributed by atoms with Crippen molar-refractivity contribution in [2.75, 3.05) is 6.61 Å². The van der Waals surface area contributed by atoms with Crippen LogP contribution in [0.5, 0.6) is 0 Å². The van der Waals surface area contributed by atoms with Gasteiger partial charge in [0, 0.05) is 18.7 Å². The first-order valence-electron chi connectivity index (χ1n) is 3.70. The van der Waals surface area contributed by atoms with E-state index in [1.54, 1.807) is 0 Å². The zero-order valence-electron chi connectivity index (χ0n) is 5.93. The van der Waals surface area contributed by atoms with Crippen molar-refractivity contribution in [2.24, 2.45) is 0 Å². The van der Waals surface area contributed by atoms with Crippen molar-refractivity contribution in [1.82, 2.24) is 5.32 Å². The highest BCUT2D eigenvalue weighted by atomic mass is 16.3. The van der Waals surface area contributed by atoms with Crippen LogP contribution in [-0.2, 0) is 0 Å². The van der Waals surface area contributed by atoms with Crippen molar-refractivity contribution >= 4 is 0 Å². The summed E-state index contributed by atoms with van der Waals surface area (Å²) in [6, 6.07) is 1.27. The van der Waals surface area contributed by atoms with Crippen LogP contribution in [0.4, 0.5) is 0 Å². The molecule has 0 amide bonds. The molecule has 2 N–H and O–H groups in total. The van der Waals surface area contributed by atoms with E-state index in [-0.39, 0.29) is 0 Å². The fourth-order valence-electron chi connectivity index (χ4n) is 0.929. The SMILES string of the molecule is CC(CCO)NC1CC1. The Bertz CT molecular complexity index is 81.0. The molecular weight excluding hydrogens is 114 g/mol. The third-order valence-corrected chi connectivity index (χ3v) is 1.66. The molecule has 0 radical (unpaired) electrons. The monoisotopic (exact) mass is 129 g/mol. The molecule has 1 fully saturated rings. The van der Waals surface area contributed by atoms with Crippen molar-refractivity contribution in [3.8, 4) is 0 Å². The maximum Gasteiger partial charge on any atom is 0.0445 e. The largest absolute Gasteiger partial charge is 0.396 e. The van der Waals surface area contributed by atoms with Gasteiger partial charge in [0.15, 0.2) is 0 Å². The maximum absolute atomic E-state index is 8.53. The Morgan fingerprint density at radius 3 is 2.78 bits per heavy atom. The molecule has 1 aliphatic rings. The van der Waals surface area contributed by atoms with Gasteiger partial charge in [-0.05, 0) is 26.2 Å². The van der Waals surface area contributed by atoms with Crippen molar-refractivity contribution in [2.45, 2.75) is 38.3 Å². The number of aliphatic hydroxyl groups is 1. The van der Waals surface area contributed by atoms with E-state index >= 15 is 0 Å². The van der Waals surface area contributed by atoms with Gasteiger partial charge in [-0.15, -0.1) is 0 Å². The van der Waals surface area contributed by atoms with Crippen LogP contribution in [0.15, 0.2) is 0 Å². The van der Waals surface area contributed by atoms with Crippen molar-refractivity contribution < 1.29 is 5.11 Å². The van der Waals surface area contributed by atoms with Gasteiger partial charge >= 0.3 is 0 Å². The van der Waals surface area contributed by atoms with E-state index in [1.807, 2.05) is 0 Å². The minimum Gasteiger partial charge on any atom is -0.396 e. The molecule has 54 valence electrons. The standard InChI is InChI=1S/C7H15NO/c1-6(4-5-9)8-7-2-3-7/h6-9H,2-5H2,1H3. The van der Waals surface area contributed by atoms with E-state index in [4.69, 9.17) is 5.11 Å². The van der Waals surface area contributed by atoms with Gasteiger partial charge in [-0.3, -0.25) is 0 Å². The number of nitrogens with one attached hydrogen (secondary N) is 1. The Morgan fingerprint density at radius 2 is 2.33 bits per heavy atom. The van der Waals surface area contributed by atoms with Crippen molar-refractivity contribution in [3.63, 3.8) is 0 Å². The minimum atomic E-state index is 0.306. The molecule has 0 bridgehead atoms. The third kappa shape index (κ3) is 2.82. The molecule has 0 saturated heterocycles. The quantitative estimate of drug-likeness (QED) is 0.579. The van der Waals surface area contributed by atoms with Gasteiger partial charge < -0.3 is 10.4 Å². The van der Waals surface area contributed by atoms with Crippen LogP contribution in [0.2, 0.25) is 0 Å². The van der Waals surface area contributed by atoms with Gasteiger partial charge in [0.25, 0.3) is 0 Å². The van der Waals surface area contributed by atoms with Crippen molar-refractivity contribution in [1.29, 1.82) is 0 Å². The van der Waals surface area contributed by atoms with Gasteiger partial charge in [0.1, 0.15) is 0 Å². The Hall–Kier alpha value is -0.0800. The molecule has 0 aromatic carbocycles. The summed E-state index contributed by atoms with van der Waals surface area (Å²) in [5.41, 5.74) is 0. The molecule has 1 aliphatic carbocycles. The summed E-state index contributed by atoms with van der Waals surface area (Å²) in [5, 5.41) is 11.9. The molecule has 0 aliphatic heterocycles. The van der Waals surface area contributed by atoms with Gasteiger partial charge in [-0.1, -0.05) is 0 Å². The second-order valence-electron chi connectivity index (χ2n) is 2.85. The fourth-order valence-corrected chi connectivity index (χ4v) is 0.929. The summed E-state index contributed by atoms with van der Waals surface area (Å²) >= 11 is 0. The molecule has 9 heavy (non-hydrogen) atoms. The van der Waals surface area contributed by atoms with E-state index in [9.17, 15) is 0 Å². The molecule has 0 heterocycles. The second-order valence-corrected chi connectivity index (χ2v) is 2.85. The van der Waals surface area contributed by atoms with Crippen LogP contribution in [0.25, 0.3) is 0 Å². The van der Waals surface area contributed by atoms with Gasteiger partial charge in [0.05, 0.1) is 0 Å². The van der Waals surface area contributed by atoms with Gasteiger partial charge in [-0.2, -0.15) is 0 Å². The first-order valence-corrected chi connectivity index (χ1v) is 3.70. The van der Waals surface area contributed by atoms with Crippen LogP contribution in [0.1, 0.15) is 26.2 Å². The first kappa shape index (κ1) is 7.03. The normalized spacial score (nSPS) is 22.0. The van der Waals surface area contributed by atoms with Crippen molar-refractivity contribution in [3.05, 3.63) is 0 Å². The molecule has 1 rings (SSSR count). The highest BCUT2D eigenvalue weighted by Gasteiger charge is 2.21. The van der Waals surface area contributed by atoms with Gasteiger partial charge in [-0.25, -0.2) is 0 Å². The van der Waals surface area contributed by atoms with Crippen LogP contribution in [0.3, 0.4) is 0 Å². The summed E-state index contributed by atoms with van der Waals surface area (Å²) < 4.78 is 0. The van der Waals surface area contributed by atoms with Crippen LogP contribution in [-0.4, -0.2) is 23.8 Å². The molecule has 2 nitrogen and oxygen atoms in total. The lowest BCUT2D eigenvalue weighted by atomic mass is 10.2. The fraction of sp³-hybridized carbons (Fsp3) is 1.00. The van der Waals surface area contributed by atoms with E-state index in [2.05, 4.69) is 12.2 Å². The summed E-state index contributed by atoms with van der Waals surface area (Å²) in [6.07, 6.45) is 3.54. The molecule has 0 aromatic heterocycles. The average molecular weight is 129 g/mol. The minimum absolute atomic E-state index is 0.306. The Balaban J connectivity index is 1.95. The Labute approximate surface area is 56.3 Å².